The van der Waals surface area contributed by atoms with E-state index in [2.05, 4.69) is 21.0 Å². The molecular formula is C19H20FN3O2. The summed E-state index contributed by atoms with van der Waals surface area (Å²) in [4.78, 5) is 3.14. The average Bonchev–Trinajstić information content (AvgIpc) is 3.35. The van der Waals surface area contributed by atoms with Gasteiger partial charge in [0.15, 0.2) is 5.79 Å². The lowest BCUT2D eigenvalue weighted by molar-refractivity contribution is -0.181. The van der Waals surface area contributed by atoms with E-state index in [0.717, 1.165) is 47.7 Å². The number of rotatable bonds is 2. The van der Waals surface area contributed by atoms with Crippen molar-refractivity contribution in [3.05, 3.63) is 42.6 Å². The summed E-state index contributed by atoms with van der Waals surface area (Å²) in [5.41, 5.74) is 2.90. The normalized spacial score (nSPS) is 20.7. The van der Waals surface area contributed by atoms with Gasteiger partial charge in [-0.1, -0.05) is 0 Å². The lowest BCUT2D eigenvalue weighted by Crippen LogP contribution is -2.35. The van der Waals surface area contributed by atoms with E-state index in [4.69, 9.17) is 9.47 Å². The molecule has 3 heterocycles. The maximum absolute atomic E-state index is 13.4. The van der Waals surface area contributed by atoms with Crippen molar-refractivity contribution in [1.82, 2.24) is 14.8 Å². The van der Waals surface area contributed by atoms with Crippen LogP contribution in [0.1, 0.15) is 31.7 Å². The molecule has 2 aromatic heterocycles. The van der Waals surface area contributed by atoms with Crippen LogP contribution in [0.2, 0.25) is 0 Å². The highest BCUT2D eigenvalue weighted by atomic mass is 19.1. The number of H-pyrrole nitrogens is 1. The molecule has 130 valence electrons. The van der Waals surface area contributed by atoms with E-state index in [1.54, 1.807) is 0 Å². The second kappa shape index (κ2) is 5.68. The van der Waals surface area contributed by atoms with Gasteiger partial charge in [0.1, 0.15) is 5.82 Å². The van der Waals surface area contributed by atoms with Crippen LogP contribution in [0.15, 0.2) is 36.8 Å². The van der Waals surface area contributed by atoms with Gasteiger partial charge in [-0.2, -0.15) is 5.10 Å². The van der Waals surface area contributed by atoms with E-state index in [-0.39, 0.29) is 11.6 Å². The highest BCUT2D eigenvalue weighted by Gasteiger charge is 2.40. The number of hydrogen-bond donors (Lipinski definition) is 1. The van der Waals surface area contributed by atoms with Crippen molar-refractivity contribution in [3.8, 4) is 11.1 Å². The lowest BCUT2D eigenvalue weighted by atomic mass is 9.90. The number of ether oxygens (including phenoxy) is 2. The minimum atomic E-state index is -0.340. The number of hydrogen-bond acceptors (Lipinski definition) is 3. The van der Waals surface area contributed by atoms with Crippen molar-refractivity contribution in [2.45, 2.75) is 37.5 Å². The molecule has 0 bridgehead atoms. The summed E-state index contributed by atoms with van der Waals surface area (Å²) < 4.78 is 27.0. The summed E-state index contributed by atoms with van der Waals surface area (Å²) in [7, 11) is 0. The maximum atomic E-state index is 13.4. The van der Waals surface area contributed by atoms with Crippen molar-refractivity contribution in [2.75, 3.05) is 13.2 Å². The predicted molar refractivity (Wildman–Crippen MR) is 91.6 cm³/mol. The number of nitrogens with one attached hydrogen (secondary N) is 1. The number of benzene rings is 1. The highest BCUT2D eigenvalue weighted by Crippen LogP contribution is 2.40. The van der Waals surface area contributed by atoms with Gasteiger partial charge in [-0.3, -0.25) is 4.68 Å². The molecule has 1 aromatic carbocycles. The van der Waals surface area contributed by atoms with Crippen LogP contribution in [0.5, 0.6) is 0 Å². The zero-order valence-corrected chi connectivity index (χ0v) is 13.9. The third-order valence-electron chi connectivity index (χ3n) is 5.46. The molecule has 5 nitrogen and oxygen atoms in total. The summed E-state index contributed by atoms with van der Waals surface area (Å²) in [6, 6.07) is 5.19. The number of aromatic nitrogens is 3. The fourth-order valence-electron chi connectivity index (χ4n) is 4.11. The lowest BCUT2D eigenvalue weighted by Gasteiger charge is -2.35. The van der Waals surface area contributed by atoms with Crippen molar-refractivity contribution < 1.29 is 13.9 Å². The number of halogens is 1. The zero-order chi connectivity index (χ0) is 16.9. The summed E-state index contributed by atoms with van der Waals surface area (Å²) in [5, 5.41) is 5.59. The molecule has 0 radical (unpaired) electrons. The molecule has 1 N–H and O–H groups in total. The molecule has 3 aromatic rings. The van der Waals surface area contributed by atoms with Gasteiger partial charge in [0.05, 0.1) is 25.5 Å². The van der Waals surface area contributed by atoms with Gasteiger partial charge in [0, 0.05) is 47.3 Å². The van der Waals surface area contributed by atoms with Crippen molar-refractivity contribution in [2.24, 2.45) is 0 Å². The predicted octanol–water partition coefficient (Wildman–Crippen LogP) is 4.03. The first-order valence-electron chi connectivity index (χ1n) is 8.82. The Morgan fingerprint density at radius 1 is 1.20 bits per heavy atom. The molecule has 1 aliphatic carbocycles. The van der Waals surface area contributed by atoms with E-state index in [0.29, 0.717) is 19.3 Å². The Morgan fingerprint density at radius 2 is 2.00 bits per heavy atom. The fraction of sp³-hybridized carbons (Fsp3) is 0.421. The van der Waals surface area contributed by atoms with Gasteiger partial charge in [-0.05, 0) is 31.0 Å². The molecule has 0 amide bonds. The summed E-state index contributed by atoms with van der Waals surface area (Å²) >= 11 is 0. The Morgan fingerprint density at radius 3 is 2.80 bits per heavy atom. The third kappa shape index (κ3) is 2.56. The minimum Gasteiger partial charge on any atom is -0.360 e. The molecule has 1 spiro atoms. The molecule has 0 unspecified atom stereocenters. The van der Waals surface area contributed by atoms with Crippen LogP contribution < -0.4 is 0 Å². The maximum Gasteiger partial charge on any atom is 0.168 e. The first-order valence-corrected chi connectivity index (χ1v) is 8.82. The zero-order valence-electron chi connectivity index (χ0n) is 13.9. The Labute approximate surface area is 144 Å². The van der Waals surface area contributed by atoms with E-state index in [9.17, 15) is 4.39 Å². The molecule has 1 aliphatic heterocycles. The molecule has 1 saturated heterocycles. The molecule has 2 fully saturated rings. The van der Waals surface area contributed by atoms with Crippen molar-refractivity contribution >= 4 is 10.9 Å². The second-order valence-corrected chi connectivity index (χ2v) is 6.94. The van der Waals surface area contributed by atoms with Gasteiger partial charge in [-0.15, -0.1) is 0 Å². The largest absolute Gasteiger partial charge is 0.360 e. The van der Waals surface area contributed by atoms with Gasteiger partial charge >= 0.3 is 0 Å². The van der Waals surface area contributed by atoms with Crippen LogP contribution in [0.25, 0.3) is 22.0 Å². The first-order chi connectivity index (χ1) is 12.2. The minimum absolute atomic E-state index is 0.232. The topological polar surface area (TPSA) is 52.1 Å². The summed E-state index contributed by atoms with van der Waals surface area (Å²) in [6.07, 6.45) is 9.73. The van der Waals surface area contributed by atoms with Crippen LogP contribution >= 0.6 is 0 Å². The smallest absolute Gasteiger partial charge is 0.168 e. The fourth-order valence-corrected chi connectivity index (χ4v) is 4.11. The molecule has 25 heavy (non-hydrogen) atoms. The Bertz CT molecular complexity index is 900. The van der Waals surface area contributed by atoms with E-state index in [1.807, 2.05) is 18.5 Å². The molecule has 6 heteroatoms. The molecule has 5 rings (SSSR count). The first kappa shape index (κ1) is 15.1. The van der Waals surface area contributed by atoms with Crippen LogP contribution in [0.4, 0.5) is 4.39 Å². The molecule has 0 atom stereocenters. The SMILES string of the molecule is Fc1ccc2c(-c3cnn(C4CCC5(CC4)OCCO5)c3)c[nH]c2c1. The Kier molecular flexibility index (Phi) is 3.43. The monoisotopic (exact) mass is 341 g/mol. The Hall–Kier alpha value is -2.18. The van der Waals surface area contributed by atoms with Crippen molar-refractivity contribution in [3.63, 3.8) is 0 Å². The average molecular weight is 341 g/mol. The van der Waals surface area contributed by atoms with Crippen LogP contribution in [0.3, 0.4) is 0 Å². The summed E-state index contributed by atoms with van der Waals surface area (Å²) in [6.45, 7) is 1.41. The van der Waals surface area contributed by atoms with Crippen LogP contribution in [0, 0.1) is 5.82 Å². The molecule has 1 saturated carbocycles. The van der Waals surface area contributed by atoms with Crippen LogP contribution in [-0.2, 0) is 9.47 Å². The van der Waals surface area contributed by atoms with Gasteiger partial charge in [-0.25, -0.2) is 4.39 Å². The van der Waals surface area contributed by atoms with E-state index >= 15 is 0 Å². The van der Waals surface area contributed by atoms with Crippen LogP contribution in [-0.4, -0.2) is 33.8 Å². The second-order valence-electron chi connectivity index (χ2n) is 6.94. The van der Waals surface area contributed by atoms with E-state index in [1.165, 1.54) is 12.1 Å². The third-order valence-corrected chi connectivity index (χ3v) is 5.46. The number of fused-ring (bicyclic) bond motifs is 1. The quantitative estimate of drug-likeness (QED) is 0.766. The van der Waals surface area contributed by atoms with Gasteiger partial charge < -0.3 is 14.5 Å². The highest BCUT2D eigenvalue weighted by molar-refractivity contribution is 5.95. The Balaban J connectivity index is 1.38. The van der Waals surface area contributed by atoms with E-state index < -0.39 is 0 Å². The van der Waals surface area contributed by atoms with Crippen molar-refractivity contribution in [1.29, 1.82) is 0 Å². The van der Waals surface area contributed by atoms with Gasteiger partial charge in [0.2, 0.25) is 0 Å². The standard InChI is InChI=1S/C19H20FN3O2/c20-14-1-2-16-17(11-21-18(16)9-14)13-10-22-23(12-13)15-3-5-19(6-4-15)24-7-8-25-19/h1-2,9-12,15,21H,3-8H2. The summed E-state index contributed by atoms with van der Waals surface area (Å²) in [5.74, 6) is -0.572. The molecular weight excluding hydrogens is 321 g/mol. The van der Waals surface area contributed by atoms with Gasteiger partial charge in [0.25, 0.3) is 0 Å². The number of aromatic amines is 1. The number of nitrogens with zero attached hydrogens (tertiary/aromatic N) is 2. The molecule has 2 aliphatic rings.